The maximum absolute atomic E-state index is 13.7. The Morgan fingerprint density at radius 1 is 1.38 bits per heavy atom. The third-order valence-corrected chi connectivity index (χ3v) is 5.15. The van der Waals surface area contributed by atoms with E-state index >= 15 is 0 Å². The SMILES string of the molecule is CCNC(=NCc1ccc(F)c(COC)c1)NC1CC(C)N(C2CC2)C1. The molecule has 2 unspecified atom stereocenters. The first kappa shape index (κ1) is 19.1. The minimum atomic E-state index is -0.232. The second-order valence-corrected chi connectivity index (χ2v) is 7.41. The highest BCUT2D eigenvalue weighted by atomic mass is 19.1. The number of aliphatic imine (C=N–C) groups is 1. The van der Waals surface area contributed by atoms with Gasteiger partial charge in [0.15, 0.2) is 5.96 Å². The highest BCUT2D eigenvalue weighted by Gasteiger charge is 2.38. The maximum atomic E-state index is 13.7. The number of hydrogen-bond acceptors (Lipinski definition) is 3. The molecule has 0 aromatic heterocycles. The number of hydrogen-bond donors (Lipinski definition) is 2. The monoisotopic (exact) mass is 362 g/mol. The molecule has 1 saturated carbocycles. The van der Waals surface area contributed by atoms with E-state index in [9.17, 15) is 4.39 Å². The van der Waals surface area contributed by atoms with Gasteiger partial charge in [0.1, 0.15) is 5.82 Å². The second kappa shape index (κ2) is 8.82. The lowest BCUT2D eigenvalue weighted by molar-refractivity contribution is 0.181. The molecule has 2 fully saturated rings. The number of rotatable bonds is 7. The number of nitrogens with one attached hydrogen (secondary N) is 2. The minimum absolute atomic E-state index is 0.232. The van der Waals surface area contributed by atoms with Crippen LogP contribution in [0.3, 0.4) is 0 Å². The van der Waals surface area contributed by atoms with Crippen LogP contribution in [-0.2, 0) is 17.9 Å². The Balaban J connectivity index is 1.61. The molecule has 1 heterocycles. The van der Waals surface area contributed by atoms with Gasteiger partial charge in [0.25, 0.3) is 0 Å². The summed E-state index contributed by atoms with van der Waals surface area (Å²) in [6.45, 7) is 7.09. The van der Waals surface area contributed by atoms with E-state index in [0.29, 0.717) is 24.2 Å². The van der Waals surface area contributed by atoms with Crippen molar-refractivity contribution < 1.29 is 9.13 Å². The predicted octanol–water partition coefficient (Wildman–Crippen LogP) is 2.65. The fraction of sp³-hybridized carbons (Fsp3) is 0.650. The van der Waals surface area contributed by atoms with Gasteiger partial charge in [-0.15, -0.1) is 0 Å². The van der Waals surface area contributed by atoms with Gasteiger partial charge < -0.3 is 15.4 Å². The summed E-state index contributed by atoms with van der Waals surface area (Å²) in [4.78, 5) is 7.32. The lowest BCUT2D eigenvalue weighted by Gasteiger charge is -2.20. The molecular formula is C20H31FN4O. The minimum Gasteiger partial charge on any atom is -0.380 e. The van der Waals surface area contributed by atoms with Gasteiger partial charge in [-0.1, -0.05) is 6.07 Å². The van der Waals surface area contributed by atoms with Crippen molar-refractivity contribution in [3.8, 4) is 0 Å². The summed E-state index contributed by atoms with van der Waals surface area (Å²) < 4.78 is 18.8. The standard InChI is InChI=1S/C20H31FN4O/c1-4-22-20(24-17-9-14(2)25(12-17)18-6-7-18)23-11-15-5-8-19(21)16(10-15)13-26-3/h5,8,10,14,17-18H,4,6-7,9,11-13H2,1-3H3,(H2,22,23,24). The molecule has 1 aromatic rings. The van der Waals surface area contributed by atoms with Gasteiger partial charge >= 0.3 is 0 Å². The first-order chi connectivity index (χ1) is 12.6. The summed E-state index contributed by atoms with van der Waals surface area (Å²) >= 11 is 0. The zero-order chi connectivity index (χ0) is 18.5. The van der Waals surface area contributed by atoms with Crippen LogP contribution in [-0.4, -0.2) is 49.2 Å². The van der Waals surface area contributed by atoms with Crippen LogP contribution in [0.5, 0.6) is 0 Å². The van der Waals surface area contributed by atoms with Crippen molar-refractivity contribution in [2.45, 2.75) is 64.4 Å². The first-order valence-corrected chi connectivity index (χ1v) is 9.67. The van der Waals surface area contributed by atoms with Gasteiger partial charge in [-0.25, -0.2) is 9.38 Å². The van der Waals surface area contributed by atoms with Gasteiger partial charge in [0, 0.05) is 43.9 Å². The quantitative estimate of drug-likeness (QED) is 0.578. The Labute approximate surface area is 156 Å². The van der Waals surface area contributed by atoms with E-state index < -0.39 is 0 Å². The lowest BCUT2D eigenvalue weighted by Crippen LogP contribution is -2.44. The van der Waals surface area contributed by atoms with Crippen LogP contribution in [0.25, 0.3) is 0 Å². The number of benzene rings is 1. The van der Waals surface area contributed by atoms with Gasteiger partial charge in [0.2, 0.25) is 0 Å². The molecule has 2 N–H and O–H groups in total. The molecule has 1 aliphatic heterocycles. The molecule has 1 aliphatic carbocycles. The molecule has 144 valence electrons. The summed E-state index contributed by atoms with van der Waals surface area (Å²) in [6, 6.07) is 6.98. The fourth-order valence-corrected chi connectivity index (χ4v) is 3.75. The average molecular weight is 362 g/mol. The number of ether oxygens (including phenoxy) is 1. The average Bonchev–Trinajstić information content (AvgIpc) is 3.39. The molecule has 1 saturated heterocycles. The van der Waals surface area contributed by atoms with Gasteiger partial charge in [0.05, 0.1) is 13.2 Å². The van der Waals surface area contributed by atoms with Gasteiger partial charge in [-0.2, -0.15) is 0 Å². The lowest BCUT2D eigenvalue weighted by atomic mass is 10.1. The Morgan fingerprint density at radius 2 is 2.19 bits per heavy atom. The van der Waals surface area contributed by atoms with Crippen molar-refractivity contribution in [2.24, 2.45) is 4.99 Å². The van der Waals surface area contributed by atoms with Crippen LogP contribution in [0, 0.1) is 5.82 Å². The molecular weight excluding hydrogens is 331 g/mol. The Hall–Kier alpha value is -1.66. The molecule has 1 aromatic carbocycles. The van der Waals surface area contributed by atoms with E-state index in [0.717, 1.165) is 37.1 Å². The number of methoxy groups -OCH3 is 1. The van der Waals surface area contributed by atoms with Crippen LogP contribution >= 0.6 is 0 Å². The first-order valence-electron chi connectivity index (χ1n) is 9.67. The van der Waals surface area contributed by atoms with Gasteiger partial charge in [-0.05, 0) is 50.8 Å². The number of guanidine groups is 1. The summed E-state index contributed by atoms with van der Waals surface area (Å²) in [5.41, 5.74) is 1.55. The van der Waals surface area contributed by atoms with Crippen molar-refractivity contribution >= 4 is 5.96 Å². The zero-order valence-corrected chi connectivity index (χ0v) is 16.1. The number of halogens is 1. The molecule has 5 nitrogen and oxygen atoms in total. The maximum Gasteiger partial charge on any atom is 0.191 e. The summed E-state index contributed by atoms with van der Waals surface area (Å²) in [5.74, 6) is 0.602. The van der Waals surface area contributed by atoms with E-state index in [4.69, 9.17) is 9.73 Å². The summed E-state index contributed by atoms with van der Waals surface area (Å²) in [7, 11) is 1.57. The van der Waals surface area contributed by atoms with Crippen LogP contribution in [0.1, 0.15) is 44.2 Å². The normalized spacial score (nSPS) is 24.1. The van der Waals surface area contributed by atoms with Crippen molar-refractivity contribution in [3.63, 3.8) is 0 Å². The summed E-state index contributed by atoms with van der Waals surface area (Å²) in [6.07, 6.45) is 3.84. The third-order valence-electron chi connectivity index (χ3n) is 5.15. The molecule has 2 atom stereocenters. The van der Waals surface area contributed by atoms with Crippen molar-refractivity contribution in [3.05, 3.63) is 35.1 Å². The smallest absolute Gasteiger partial charge is 0.191 e. The fourth-order valence-electron chi connectivity index (χ4n) is 3.75. The van der Waals surface area contributed by atoms with E-state index in [2.05, 4.69) is 29.4 Å². The molecule has 0 amide bonds. The molecule has 3 rings (SSSR count). The molecule has 6 heteroatoms. The summed E-state index contributed by atoms with van der Waals surface area (Å²) in [5, 5.41) is 6.91. The van der Waals surface area contributed by atoms with Crippen molar-refractivity contribution in [1.29, 1.82) is 0 Å². The highest BCUT2D eigenvalue weighted by molar-refractivity contribution is 5.80. The molecule has 0 spiro atoms. The Morgan fingerprint density at radius 3 is 2.88 bits per heavy atom. The van der Waals surface area contributed by atoms with Crippen LogP contribution in [0.2, 0.25) is 0 Å². The van der Waals surface area contributed by atoms with E-state index in [1.54, 1.807) is 13.2 Å². The van der Waals surface area contributed by atoms with Crippen molar-refractivity contribution in [1.82, 2.24) is 15.5 Å². The van der Waals surface area contributed by atoms with Crippen LogP contribution < -0.4 is 10.6 Å². The third kappa shape index (κ3) is 4.95. The second-order valence-electron chi connectivity index (χ2n) is 7.41. The zero-order valence-electron chi connectivity index (χ0n) is 16.1. The van der Waals surface area contributed by atoms with Gasteiger partial charge in [-0.3, -0.25) is 4.90 Å². The van der Waals surface area contributed by atoms with Crippen molar-refractivity contribution in [2.75, 3.05) is 20.2 Å². The van der Waals surface area contributed by atoms with Crippen LogP contribution in [0.15, 0.2) is 23.2 Å². The molecule has 2 aliphatic rings. The number of likely N-dealkylation sites (tertiary alicyclic amines) is 1. The predicted molar refractivity (Wildman–Crippen MR) is 103 cm³/mol. The van der Waals surface area contributed by atoms with E-state index in [-0.39, 0.29) is 12.4 Å². The Bertz CT molecular complexity index is 632. The molecule has 0 radical (unpaired) electrons. The van der Waals surface area contributed by atoms with E-state index in [1.807, 2.05) is 6.07 Å². The molecule has 26 heavy (non-hydrogen) atoms. The molecule has 0 bridgehead atoms. The number of nitrogens with zero attached hydrogens (tertiary/aromatic N) is 2. The van der Waals surface area contributed by atoms with E-state index in [1.165, 1.54) is 18.9 Å². The Kier molecular flexibility index (Phi) is 6.48. The largest absolute Gasteiger partial charge is 0.380 e. The highest BCUT2D eigenvalue weighted by Crippen LogP contribution is 2.33. The van der Waals surface area contributed by atoms with Crippen LogP contribution in [0.4, 0.5) is 4.39 Å². The topological polar surface area (TPSA) is 48.9 Å².